The highest BCUT2D eigenvalue weighted by atomic mass is 32.1. The maximum absolute atomic E-state index is 11.5. The van der Waals surface area contributed by atoms with Crippen molar-refractivity contribution in [3.63, 3.8) is 0 Å². The number of thiophene rings is 1. The largest absolute Gasteiger partial charge is 0.300 e. The van der Waals surface area contributed by atoms with Crippen molar-refractivity contribution in [1.29, 1.82) is 0 Å². The molecule has 0 atom stereocenters. The lowest BCUT2D eigenvalue weighted by Crippen LogP contribution is -2.05. The van der Waals surface area contributed by atoms with Gasteiger partial charge in [-0.25, -0.2) is 0 Å². The van der Waals surface area contributed by atoms with Crippen LogP contribution in [0.2, 0.25) is 0 Å². The Morgan fingerprint density at radius 3 is 2.38 bits per heavy atom. The topological polar surface area (TPSA) is 51.2 Å². The lowest BCUT2D eigenvalue weighted by Gasteiger charge is -1.98. The van der Waals surface area contributed by atoms with E-state index in [2.05, 4.69) is 0 Å². The van der Waals surface area contributed by atoms with Crippen LogP contribution in [-0.4, -0.2) is 17.3 Å². The number of ketones is 3. The molecule has 0 spiro atoms. The van der Waals surface area contributed by atoms with Gasteiger partial charge in [-0.05, 0) is 18.4 Å². The number of Topliss-reactive ketones (excluding diaryl/α,β-unsaturated/α-hetero) is 3. The minimum Gasteiger partial charge on any atom is -0.300 e. The van der Waals surface area contributed by atoms with Crippen LogP contribution in [-0.2, 0) is 9.59 Å². The first-order valence-electron chi connectivity index (χ1n) is 5.17. The normalized spacial score (nSPS) is 10.1. The Labute approximate surface area is 98.5 Å². The van der Waals surface area contributed by atoms with Gasteiger partial charge in [-0.15, -0.1) is 11.3 Å². The van der Waals surface area contributed by atoms with Gasteiger partial charge in [-0.1, -0.05) is 6.07 Å². The molecule has 0 amide bonds. The van der Waals surface area contributed by atoms with Crippen LogP contribution in [0, 0.1) is 0 Å². The minimum atomic E-state index is -0.0138. The van der Waals surface area contributed by atoms with Crippen LogP contribution in [0.25, 0.3) is 0 Å². The summed E-state index contributed by atoms with van der Waals surface area (Å²) in [6.45, 7) is 1.46. The van der Waals surface area contributed by atoms with E-state index in [1.807, 2.05) is 11.4 Å². The van der Waals surface area contributed by atoms with Crippen molar-refractivity contribution in [3.8, 4) is 0 Å². The van der Waals surface area contributed by atoms with Crippen LogP contribution in [0.1, 0.15) is 42.3 Å². The summed E-state index contributed by atoms with van der Waals surface area (Å²) in [5, 5.41) is 1.84. The zero-order valence-corrected chi connectivity index (χ0v) is 10.0. The smallest absolute Gasteiger partial charge is 0.173 e. The summed E-state index contributed by atoms with van der Waals surface area (Å²) < 4.78 is 0. The standard InChI is InChI=1S/C12H14O3S/c1-9(13)4-5-10(14)6-7-11(15)12-3-2-8-16-12/h2-3,8H,4-7H2,1H3. The summed E-state index contributed by atoms with van der Waals surface area (Å²) in [4.78, 5) is 34.2. The molecule has 0 aliphatic rings. The lowest BCUT2D eigenvalue weighted by atomic mass is 10.1. The first-order chi connectivity index (χ1) is 7.59. The maximum Gasteiger partial charge on any atom is 0.173 e. The van der Waals surface area contributed by atoms with Crippen LogP contribution in [0.3, 0.4) is 0 Å². The molecular weight excluding hydrogens is 224 g/mol. The molecule has 0 bridgehead atoms. The number of hydrogen-bond donors (Lipinski definition) is 0. The quantitative estimate of drug-likeness (QED) is 0.686. The van der Waals surface area contributed by atoms with Crippen molar-refractivity contribution >= 4 is 28.7 Å². The van der Waals surface area contributed by atoms with Gasteiger partial charge in [-0.2, -0.15) is 0 Å². The van der Waals surface area contributed by atoms with Crippen LogP contribution in [0.4, 0.5) is 0 Å². The monoisotopic (exact) mass is 238 g/mol. The number of carbonyl (C=O) groups is 3. The number of hydrogen-bond acceptors (Lipinski definition) is 4. The number of carbonyl (C=O) groups excluding carboxylic acids is 3. The highest BCUT2D eigenvalue weighted by Gasteiger charge is 2.10. The Morgan fingerprint density at radius 2 is 1.81 bits per heavy atom. The Bertz CT molecular complexity index is 379. The first kappa shape index (κ1) is 12.8. The van der Waals surface area contributed by atoms with E-state index in [1.54, 1.807) is 6.07 Å². The van der Waals surface area contributed by atoms with E-state index in [0.29, 0.717) is 4.88 Å². The molecule has 0 radical (unpaired) electrons. The molecule has 0 aromatic carbocycles. The molecule has 0 fully saturated rings. The van der Waals surface area contributed by atoms with E-state index in [4.69, 9.17) is 0 Å². The average molecular weight is 238 g/mol. The average Bonchev–Trinajstić information content (AvgIpc) is 2.76. The van der Waals surface area contributed by atoms with Gasteiger partial charge in [0.15, 0.2) is 5.78 Å². The van der Waals surface area contributed by atoms with Gasteiger partial charge in [-0.3, -0.25) is 9.59 Å². The van der Waals surface area contributed by atoms with Gasteiger partial charge in [0.1, 0.15) is 11.6 Å². The summed E-state index contributed by atoms with van der Waals surface area (Å²) in [6, 6.07) is 3.57. The first-order valence-corrected chi connectivity index (χ1v) is 6.05. The zero-order chi connectivity index (χ0) is 12.0. The molecule has 0 unspecified atom stereocenters. The lowest BCUT2D eigenvalue weighted by molar-refractivity contribution is -0.123. The summed E-state index contributed by atoms with van der Waals surface area (Å²) >= 11 is 1.39. The third-order valence-corrected chi connectivity index (χ3v) is 3.09. The predicted molar refractivity (Wildman–Crippen MR) is 62.8 cm³/mol. The minimum absolute atomic E-state index is 0.00572. The molecule has 3 nitrogen and oxygen atoms in total. The fourth-order valence-electron chi connectivity index (χ4n) is 1.25. The van der Waals surface area contributed by atoms with Crippen molar-refractivity contribution in [2.75, 3.05) is 0 Å². The molecule has 0 aliphatic carbocycles. The van der Waals surface area contributed by atoms with Crippen molar-refractivity contribution < 1.29 is 14.4 Å². The van der Waals surface area contributed by atoms with E-state index in [-0.39, 0.29) is 43.0 Å². The van der Waals surface area contributed by atoms with E-state index < -0.39 is 0 Å². The van der Waals surface area contributed by atoms with Crippen LogP contribution >= 0.6 is 11.3 Å². The van der Waals surface area contributed by atoms with E-state index >= 15 is 0 Å². The second-order valence-electron chi connectivity index (χ2n) is 3.64. The second-order valence-corrected chi connectivity index (χ2v) is 4.59. The fourth-order valence-corrected chi connectivity index (χ4v) is 1.95. The van der Waals surface area contributed by atoms with Gasteiger partial charge in [0.2, 0.25) is 0 Å². The number of rotatable bonds is 7. The van der Waals surface area contributed by atoms with Crippen molar-refractivity contribution in [2.24, 2.45) is 0 Å². The molecule has 0 saturated carbocycles. The molecule has 1 aromatic heterocycles. The highest BCUT2D eigenvalue weighted by Crippen LogP contribution is 2.13. The molecule has 4 heteroatoms. The molecule has 0 saturated heterocycles. The molecule has 0 N–H and O–H groups in total. The van der Waals surface area contributed by atoms with Gasteiger partial charge >= 0.3 is 0 Å². The van der Waals surface area contributed by atoms with Gasteiger partial charge in [0.05, 0.1) is 4.88 Å². The van der Waals surface area contributed by atoms with Crippen molar-refractivity contribution in [2.45, 2.75) is 32.6 Å². The van der Waals surface area contributed by atoms with E-state index in [9.17, 15) is 14.4 Å². The Kier molecular flexibility index (Phi) is 5.05. The van der Waals surface area contributed by atoms with Crippen LogP contribution in [0.15, 0.2) is 17.5 Å². The maximum atomic E-state index is 11.5. The van der Waals surface area contributed by atoms with Gasteiger partial charge in [0.25, 0.3) is 0 Å². The predicted octanol–water partition coefficient (Wildman–Crippen LogP) is 2.65. The summed E-state index contributed by atoms with van der Waals surface area (Å²) in [5.74, 6) is 0.00390. The molecule has 1 aromatic rings. The van der Waals surface area contributed by atoms with Crippen molar-refractivity contribution in [1.82, 2.24) is 0 Å². The van der Waals surface area contributed by atoms with Gasteiger partial charge in [0, 0.05) is 25.7 Å². The third kappa shape index (κ3) is 4.49. The SMILES string of the molecule is CC(=O)CCC(=O)CCC(=O)c1cccs1. The van der Waals surface area contributed by atoms with Crippen LogP contribution in [0.5, 0.6) is 0 Å². The van der Waals surface area contributed by atoms with Crippen molar-refractivity contribution in [3.05, 3.63) is 22.4 Å². The van der Waals surface area contributed by atoms with E-state index in [0.717, 1.165) is 0 Å². The Hall–Kier alpha value is -1.29. The Morgan fingerprint density at radius 1 is 1.12 bits per heavy atom. The Balaban J connectivity index is 2.27. The summed E-state index contributed by atoms with van der Waals surface area (Å²) in [7, 11) is 0. The fraction of sp³-hybridized carbons (Fsp3) is 0.417. The molecular formula is C12H14O3S. The summed E-state index contributed by atoms with van der Waals surface area (Å²) in [6.07, 6.45) is 1.03. The van der Waals surface area contributed by atoms with Gasteiger partial charge < -0.3 is 4.79 Å². The third-order valence-electron chi connectivity index (χ3n) is 2.18. The molecule has 16 heavy (non-hydrogen) atoms. The zero-order valence-electron chi connectivity index (χ0n) is 9.19. The van der Waals surface area contributed by atoms with E-state index in [1.165, 1.54) is 18.3 Å². The highest BCUT2D eigenvalue weighted by molar-refractivity contribution is 7.12. The molecule has 0 aliphatic heterocycles. The summed E-state index contributed by atoms with van der Waals surface area (Å²) in [5.41, 5.74) is 0. The molecule has 86 valence electrons. The van der Waals surface area contributed by atoms with Crippen LogP contribution < -0.4 is 0 Å². The second kappa shape index (κ2) is 6.33. The molecule has 1 rings (SSSR count). The molecule has 1 heterocycles.